The van der Waals surface area contributed by atoms with Crippen molar-refractivity contribution < 1.29 is 0 Å². The van der Waals surface area contributed by atoms with Gasteiger partial charge < -0.3 is 5.32 Å². The van der Waals surface area contributed by atoms with Crippen molar-refractivity contribution in [2.24, 2.45) is 0 Å². The van der Waals surface area contributed by atoms with Gasteiger partial charge in [-0.05, 0) is 34.8 Å². The van der Waals surface area contributed by atoms with E-state index in [1.807, 2.05) is 18.6 Å². The first kappa shape index (κ1) is 12.8. The molecule has 1 N–H and O–H groups in total. The number of halogens is 1. The van der Waals surface area contributed by atoms with E-state index < -0.39 is 0 Å². The zero-order valence-electron chi connectivity index (χ0n) is 10.9. The van der Waals surface area contributed by atoms with Crippen LogP contribution in [0.1, 0.15) is 31.2 Å². The lowest BCUT2D eigenvalue weighted by molar-refractivity contribution is 0.679. The fourth-order valence-electron chi connectivity index (χ4n) is 2.15. The van der Waals surface area contributed by atoms with E-state index in [4.69, 9.17) is 0 Å². The van der Waals surface area contributed by atoms with Crippen LogP contribution >= 0.6 is 15.9 Å². The summed E-state index contributed by atoms with van der Waals surface area (Å²) in [6.07, 6.45) is 9.15. The Hall–Kier alpha value is -1.20. The molecule has 5 heteroatoms. The predicted molar refractivity (Wildman–Crippen MR) is 78.3 cm³/mol. The van der Waals surface area contributed by atoms with Gasteiger partial charge in [-0.1, -0.05) is 6.92 Å². The van der Waals surface area contributed by atoms with Gasteiger partial charge in [0, 0.05) is 47.6 Å². The normalized spacial score (nSPS) is 14.8. The van der Waals surface area contributed by atoms with Crippen LogP contribution in [0.25, 0.3) is 5.82 Å². The highest BCUT2D eigenvalue weighted by Crippen LogP contribution is 2.22. The van der Waals surface area contributed by atoms with Crippen molar-refractivity contribution >= 4 is 15.9 Å². The first-order chi connectivity index (χ1) is 9.28. The number of aryl methyl sites for hydroxylation is 1. The summed E-state index contributed by atoms with van der Waals surface area (Å²) in [6.45, 7) is 2.97. The summed E-state index contributed by atoms with van der Waals surface area (Å²) in [5.74, 6) is 2.02. The minimum absolute atomic E-state index is 0.695. The summed E-state index contributed by atoms with van der Waals surface area (Å²) in [5, 5.41) is 3.55. The van der Waals surface area contributed by atoms with Crippen LogP contribution in [0.2, 0.25) is 0 Å². The van der Waals surface area contributed by atoms with Crippen LogP contribution in [0.3, 0.4) is 0 Å². The zero-order valence-corrected chi connectivity index (χ0v) is 12.5. The molecule has 19 heavy (non-hydrogen) atoms. The van der Waals surface area contributed by atoms with Crippen molar-refractivity contribution in [2.45, 2.75) is 38.8 Å². The molecule has 0 aromatic carbocycles. The van der Waals surface area contributed by atoms with Gasteiger partial charge in [-0.15, -0.1) is 0 Å². The van der Waals surface area contributed by atoms with E-state index in [0.717, 1.165) is 29.1 Å². The third kappa shape index (κ3) is 2.87. The average Bonchev–Trinajstić information content (AvgIpc) is 3.13. The molecule has 0 amide bonds. The average molecular weight is 321 g/mol. The number of imidazole rings is 1. The summed E-state index contributed by atoms with van der Waals surface area (Å²) in [4.78, 5) is 8.94. The highest BCUT2D eigenvalue weighted by atomic mass is 79.9. The second-order valence-electron chi connectivity index (χ2n) is 4.86. The Bertz CT molecular complexity index is 575. The van der Waals surface area contributed by atoms with E-state index in [1.54, 1.807) is 0 Å². The molecule has 0 atom stereocenters. The fraction of sp³-hybridized carbons (Fsp3) is 0.429. The number of hydrogen-bond donors (Lipinski definition) is 1. The maximum atomic E-state index is 4.56. The van der Waals surface area contributed by atoms with Crippen molar-refractivity contribution in [2.75, 3.05) is 0 Å². The molecule has 0 saturated heterocycles. The highest BCUT2D eigenvalue weighted by molar-refractivity contribution is 9.10. The molecule has 3 rings (SSSR count). The van der Waals surface area contributed by atoms with Crippen molar-refractivity contribution in [3.8, 4) is 5.82 Å². The number of aromatic nitrogens is 3. The van der Waals surface area contributed by atoms with E-state index in [-0.39, 0.29) is 0 Å². The summed E-state index contributed by atoms with van der Waals surface area (Å²) < 4.78 is 3.10. The van der Waals surface area contributed by atoms with Gasteiger partial charge in [0.1, 0.15) is 11.6 Å². The molecule has 4 nitrogen and oxygen atoms in total. The van der Waals surface area contributed by atoms with E-state index >= 15 is 0 Å². The molecule has 0 unspecified atom stereocenters. The van der Waals surface area contributed by atoms with Crippen LogP contribution in [0.5, 0.6) is 0 Å². The molecular weight excluding hydrogens is 304 g/mol. The van der Waals surface area contributed by atoms with Crippen LogP contribution in [0.4, 0.5) is 0 Å². The molecule has 100 valence electrons. The maximum absolute atomic E-state index is 4.56. The monoisotopic (exact) mass is 320 g/mol. The number of nitrogens with one attached hydrogen (secondary N) is 1. The summed E-state index contributed by atoms with van der Waals surface area (Å²) in [6, 6.07) is 2.83. The molecule has 2 heterocycles. The molecule has 0 aliphatic heterocycles. The van der Waals surface area contributed by atoms with E-state index in [1.165, 1.54) is 18.4 Å². The minimum Gasteiger partial charge on any atom is -0.310 e. The second-order valence-corrected chi connectivity index (χ2v) is 5.77. The van der Waals surface area contributed by atoms with Crippen molar-refractivity contribution in [1.29, 1.82) is 0 Å². The van der Waals surface area contributed by atoms with Crippen molar-refractivity contribution in [3.05, 3.63) is 40.5 Å². The molecule has 2 aromatic rings. The van der Waals surface area contributed by atoms with Gasteiger partial charge >= 0.3 is 0 Å². The van der Waals surface area contributed by atoms with Crippen LogP contribution in [-0.2, 0) is 13.0 Å². The topological polar surface area (TPSA) is 42.7 Å². The predicted octanol–water partition coefficient (Wildman–Crippen LogP) is 2.84. The third-order valence-electron chi connectivity index (χ3n) is 3.33. The smallest absolute Gasteiger partial charge is 0.142 e. The zero-order chi connectivity index (χ0) is 13.2. The van der Waals surface area contributed by atoms with E-state index in [9.17, 15) is 0 Å². The molecule has 2 aromatic heterocycles. The lowest BCUT2D eigenvalue weighted by atomic mass is 10.2. The molecule has 1 fully saturated rings. The van der Waals surface area contributed by atoms with Crippen LogP contribution in [-0.4, -0.2) is 20.6 Å². The third-order valence-corrected chi connectivity index (χ3v) is 3.76. The Morgan fingerprint density at radius 3 is 3.00 bits per heavy atom. The van der Waals surface area contributed by atoms with Crippen LogP contribution < -0.4 is 5.32 Å². The fourth-order valence-corrected chi connectivity index (χ4v) is 2.53. The summed E-state index contributed by atoms with van der Waals surface area (Å²) in [5.41, 5.74) is 1.20. The maximum Gasteiger partial charge on any atom is 0.142 e. The van der Waals surface area contributed by atoms with Gasteiger partial charge in [0.2, 0.25) is 0 Å². The van der Waals surface area contributed by atoms with Crippen molar-refractivity contribution in [1.82, 2.24) is 19.9 Å². The number of pyridine rings is 1. The Balaban J connectivity index is 1.94. The van der Waals surface area contributed by atoms with Gasteiger partial charge in [0.25, 0.3) is 0 Å². The summed E-state index contributed by atoms with van der Waals surface area (Å²) in [7, 11) is 0. The van der Waals surface area contributed by atoms with Gasteiger partial charge in [-0.25, -0.2) is 9.97 Å². The van der Waals surface area contributed by atoms with Gasteiger partial charge in [0.05, 0.1) is 0 Å². The second kappa shape index (κ2) is 5.43. The number of hydrogen-bond acceptors (Lipinski definition) is 3. The lowest BCUT2D eigenvalue weighted by Gasteiger charge is -2.12. The van der Waals surface area contributed by atoms with Gasteiger partial charge in [-0.2, -0.15) is 0 Å². The molecule has 0 radical (unpaired) electrons. The first-order valence-corrected chi connectivity index (χ1v) is 7.47. The minimum atomic E-state index is 0.695. The Morgan fingerprint density at radius 1 is 1.42 bits per heavy atom. The SMILES string of the molecule is CCc1nccn1-c1ncc(Br)cc1CNC1CC1. The molecule has 0 spiro atoms. The van der Waals surface area contributed by atoms with E-state index in [0.29, 0.717) is 6.04 Å². The molecule has 1 aliphatic carbocycles. The van der Waals surface area contributed by atoms with Crippen LogP contribution in [0.15, 0.2) is 29.1 Å². The Morgan fingerprint density at radius 2 is 2.26 bits per heavy atom. The standard InChI is InChI=1S/C14H17BrN4/c1-2-13-16-5-6-19(13)14-10(7-11(15)9-18-14)8-17-12-3-4-12/h5-7,9,12,17H,2-4,8H2,1H3. The molecule has 0 bridgehead atoms. The molecular formula is C14H17BrN4. The van der Waals surface area contributed by atoms with Gasteiger partial charge in [0.15, 0.2) is 0 Å². The number of nitrogens with zero attached hydrogens (tertiary/aromatic N) is 3. The largest absolute Gasteiger partial charge is 0.310 e. The Kier molecular flexibility index (Phi) is 3.66. The quantitative estimate of drug-likeness (QED) is 0.921. The molecule has 1 aliphatic rings. The van der Waals surface area contributed by atoms with Gasteiger partial charge in [-0.3, -0.25) is 4.57 Å². The Labute approximate surface area is 121 Å². The summed E-state index contributed by atoms with van der Waals surface area (Å²) >= 11 is 3.50. The number of rotatable bonds is 5. The van der Waals surface area contributed by atoms with Crippen molar-refractivity contribution in [3.63, 3.8) is 0 Å². The first-order valence-electron chi connectivity index (χ1n) is 6.68. The van der Waals surface area contributed by atoms with E-state index in [2.05, 4.69) is 48.8 Å². The molecule has 1 saturated carbocycles. The van der Waals surface area contributed by atoms with Crippen LogP contribution in [0, 0.1) is 0 Å². The lowest BCUT2D eigenvalue weighted by Crippen LogP contribution is -2.18. The highest BCUT2D eigenvalue weighted by Gasteiger charge is 2.21.